The molecule has 43 heavy (non-hydrogen) atoms. The van der Waals surface area contributed by atoms with Crippen LogP contribution < -0.4 is 10.1 Å². The number of fused-ring (bicyclic) bond motifs is 2. The van der Waals surface area contributed by atoms with Crippen LogP contribution >= 0.6 is 12.4 Å². The van der Waals surface area contributed by atoms with Crippen molar-refractivity contribution in [2.45, 2.75) is 87.6 Å². The number of methoxy groups -OCH3 is 1. The number of likely N-dealkylation sites (tertiary alicyclic amines) is 1. The van der Waals surface area contributed by atoms with Crippen LogP contribution in [0.4, 0.5) is 0 Å². The number of piperidine rings is 1. The van der Waals surface area contributed by atoms with Crippen LogP contribution in [0.2, 0.25) is 0 Å². The van der Waals surface area contributed by atoms with E-state index in [9.17, 15) is 9.90 Å². The average Bonchev–Trinajstić information content (AvgIpc) is 3.52. The lowest BCUT2D eigenvalue weighted by Gasteiger charge is -2.57. The Morgan fingerprint density at radius 3 is 2.42 bits per heavy atom. The minimum atomic E-state index is -0.474. The second-order valence-electron chi connectivity index (χ2n) is 13.2. The molecule has 2 bridgehead atoms. The summed E-state index contributed by atoms with van der Waals surface area (Å²) in [5, 5.41) is 14.1. The smallest absolute Gasteiger partial charge is 0.230 e. The van der Waals surface area contributed by atoms with Gasteiger partial charge in [0.2, 0.25) is 5.91 Å². The van der Waals surface area contributed by atoms with Gasteiger partial charge in [0.05, 0.1) is 12.5 Å². The van der Waals surface area contributed by atoms with Crippen LogP contribution in [0.15, 0.2) is 78.9 Å². The molecule has 0 radical (unpaired) electrons. The van der Waals surface area contributed by atoms with E-state index in [-0.39, 0.29) is 29.8 Å². The van der Waals surface area contributed by atoms with E-state index >= 15 is 0 Å². The summed E-state index contributed by atoms with van der Waals surface area (Å²) < 4.78 is 5.40. The van der Waals surface area contributed by atoms with Gasteiger partial charge in [0.15, 0.2) is 0 Å². The second-order valence-corrected chi connectivity index (χ2v) is 13.2. The number of halogens is 1. The van der Waals surface area contributed by atoms with Crippen molar-refractivity contribution in [2.24, 2.45) is 5.92 Å². The van der Waals surface area contributed by atoms with Crippen molar-refractivity contribution in [3.8, 4) is 11.5 Å². The first-order chi connectivity index (χ1) is 20.4. The zero-order valence-corrected chi connectivity index (χ0v) is 26.5. The number of aromatic hydroxyl groups is 1. The Hall–Kier alpha value is -3.02. The number of aryl methyl sites for hydroxylation is 1. The first kappa shape index (κ1) is 31.4. The Morgan fingerprint density at radius 1 is 0.977 bits per heavy atom. The van der Waals surface area contributed by atoms with E-state index in [0.717, 1.165) is 82.2 Å². The predicted molar refractivity (Wildman–Crippen MR) is 175 cm³/mol. The van der Waals surface area contributed by atoms with Crippen molar-refractivity contribution < 1.29 is 14.6 Å². The summed E-state index contributed by atoms with van der Waals surface area (Å²) in [5.41, 5.74) is 3.17. The molecular weight excluding hydrogens is 556 g/mol. The van der Waals surface area contributed by atoms with Crippen LogP contribution in [-0.2, 0) is 22.0 Å². The van der Waals surface area contributed by atoms with Crippen LogP contribution in [-0.4, -0.2) is 48.2 Å². The molecule has 2 N–H and O–H groups in total. The maximum atomic E-state index is 14.3. The number of benzene rings is 3. The minimum Gasteiger partial charge on any atom is -0.508 e. The van der Waals surface area contributed by atoms with Gasteiger partial charge in [-0.3, -0.25) is 9.69 Å². The normalized spacial score (nSPS) is 26.3. The largest absolute Gasteiger partial charge is 0.508 e. The second kappa shape index (κ2) is 13.3. The summed E-state index contributed by atoms with van der Waals surface area (Å²) in [4.78, 5) is 17.0. The third kappa shape index (κ3) is 6.30. The summed E-state index contributed by atoms with van der Waals surface area (Å²) in [7, 11) is 1.68. The van der Waals surface area contributed by atoms with E-state index in [0.29, 0.717) is 17.7 Å². The molecule has 3 aromatic carbocycles. The zero-order chi connectivity index (χ0) is 29.2. The number of carbonyl (C=O) groups excluding carboxylic acids is 1. The van der Waals surface area contributed by atoms with Gasteiger partial charge in [-0.1, -0.05) is 74.4 Å². The molecule has 0 aromatic heterocycles. The highest BCUT2D eigenvalue weighted by Gasteiger charge is 2.52. The topological polar surface area (TPSA) is 61.8 Å². The molecule has 1 heterocycles. The molecule has 6 heteroatoms. The summed E-state index contributed by atoms with van der Waals surface area (Å²) in [6.45, 7) is 4.49. The van der Waals surface area contributed by atoms with Gasteiger partial charge < -0.3 is 15.2 Å². The molecule has 6 rings (SSSR count). The summed E-state index contributed by atoms with van der Waals surface area (Å²) in [6, 6.07) is 27.3. The molecule has 3 aromatic rings. The first-order valence-electron chi connectivity index (χ1n) is 15.9. The van der Waals surface area contributed by atoms with Crippen LogP contribution in [0, 0.1) is 5.92 Å². The lowest BCUT2D eigenvalue weighted by Crippen LogP contribution is -2.62. The number of rotatable bonds is 9. The number of ether oxygens (including phenoxy) is 1. The third-order valence-corrected chi connectivity index (χ3v) is 10.8. The third-order valence-electron chi connectivity index (χ3n) is 10.8. The fourth-order valence-corrected chi connectivity index (χ4v) is 8.50. The van der Waals surface area contributed by atoms with Crippen molar-refractivity contribution in [3.05, 3.63) is 95.6 Å². The van der Waals surface area contributed by atoms with Crippen molar-refractivity contribution in [1.82, 2.24) is 10.2 Å². The maximum absolute atomic E-state index is 14.3. The van der Waals surface area contributed by atoms with Crippen LogP contribution in [0.5, 0.6) is 11.5 Å². The van der Waals surface area contributed by atoms with E-state index in [2.05, 4.69) is 65.7 Å². The molecule has 3 fully saturated rings. The lowest BCUT2D eigenvalue weighted by molar-refractivity contribution is -0.128. The highest BCUT2D eigenvalue weighted by Crippen LogP contribution is 2.51. The zero-order valence-electron chi connectivity index (χ0n) is 25.6. The highest BCUT2D eigenvalue weighted by atomic mass is 35.5. The van der Waals surface area contributed by atoms with Crippen molar-refractivity contribution in [1.29, 1.82) is 0 Å². The van der Waals surface area contributed by atoms with Gasteiger partial charge in [0.25, 0.3) is 0 Å². The molecule has 0 spiro atoms. The Morgan fingerprint density at radius 2 is 1.72 bits per heavy atom. The molecule has 230 valence electrons. The first-order valence-corrected chi connectivity index (χ1v) is 15.9. The fourth-order valence-electron chi connectivity index (χ4n) is 8.50. The molecule has 1 amide bonds. The molecule has 2 saturated carbocycles. The Bertz CT molecular complexity index is 1360. The number of hydrogen-bond donors (Lipinski definition) is 2. The monoisotopic (exact) mass is 602 g/mol. The van der Waals surface area contributed by atoms with E-state index in [4.69, 9.17) is 4.74 Å². The number of nitrogens with zero attached hydrogens (tertiary/aromatic N) is 1. The minimum absolute atomic E-state index is 0. The van der Waals surface area contributed by atoms with Gasteiger partial charge in [-0.25, -0.2) is 0 Å². The standard InChI is InChI=1S/C37H46N2O3.ClH/c1-27-26-39(21-9-12-28-10-4-3-5-11-28)32-23-31(24-37(27,25-32)30-13-8-14-33(40)22-30)38-35(41)36(19-6-7-20-36)29-15-17-34(42-2)18-16-29;/h3-5,8,10-11,13-18,22,27,31-32,40H,6-7,9,12,19-21,23-26H2,1-2H3,(H,38,41);1H/t27-,31+,32+,37+;/m0./s1. The van der Waals surface area contributed by atoms with Gasteiger partial charge in [0, 0.05) is 24.0 Å². The van der Waals surface area contributed by atoms with Crippen LogP contribution in [0.1, 0.15) is 75.0 Å². The fraction of sp³-hybridized carbons (Fsp3) is 0.486. The van der Waals surface area contributed by atoms with Gasteiger partial charge in [-0.05, 0) is 98.4 Å². The Labute approximate surface area is 263 Å². The highest BCUT2D eigenvalue weighted by molar-refractivity contribution is 5.89. The van der Waals surface area contributed by atoms with Crippen molar-refractivity contribution in [2.75, 3.05) is 20.2 Å². The van der Waals surface area contributed by atoms with Crippen LogP contribution in [0.3, 0.4) is 0 Å². The predicted octanol–water partition coefficient (Wildman–Crippen LogP) is 7.19. The van der Waals surface area contributed by atoms with Gasteiger partial charge >= 0.3 is 0 Å². The number of hydrogen-bond acceptors (Lipinski definition) is 4. The number of amides is 1. The summed E-state index contributed by atoms with van der Waals surface area (Å²) >= 11 is 0. The van der Waals surface area contributed by atoms with Crippen molar-refractivity contribution >= 4 is 18.3 Å². The molecule has 1 saturated heterocycles. The number of nitrogens with one attached hydrogen (secondary N) is 1. The number of phenols is 1. The number of carbonyl (C=O) groups is 1. The molecule has 4 atom stereocenters. The lowest BCUT2D eigenvalue weighted by atomic mass is 9.57. The molecule has 0 unspecified atom stereocenters. The quantitative estimate of drug-likeness (QED) is 0.272. The molecule has 2 aliphatic carbocycles. The van der Waals surface area contributed by atoms with Gasteiger partial charge in [0.1, 0.15) is 11.5 Å². The SMILES string of the molecule is COc1ccc(C2(C(=O)N[C@@H]3C[C@@H]4C[C@](c5cccc(O)c5)(C3)[C@@H](C)CN4CCCc3ccccc3)CCCC2)cc1.Cl. The molecular formula is C37H47ClN2O3. The Kier molecular flexibility index (Phi) is 9.73. The van der Waals surface area contributed by atoms with E-state index in [1.807, 2.05) is 24.3 Å². The summed E-state index contributed by atoms with van der Waals surface area (Å²) in [6.07, 6.45) is 9.10. The molecule has 1 aliphatic heterocycles. The molecule has 5 nitrogen and oxygen atoms in total. The van der Waals surface area contributed by atoms with Gasteiger partial charge in [-0.15, -0.1) is 12.4 Å². The van der Waals surface area contributed by atoms with Crippen LogP contribution in [0.25, 0.3) is 0 Å². The Balaban J connectivity index is 0.00000368. The maximum Gasteiger partial charge on any atom is 0.230 e. The van der Waals surface area contributed by atoms with E-state index < -0.39 is 5.41 Å². The van der Waals surface area contributed by atoms with Gasteiger partial charge in [-0.2, -0.15) is 0 Å². The van der Waals surface area contributed by atoms with E-state index in [1.165, 1.54) is 11.1 Å². The summed E-state index contributed by atoms with van der Waals surface area (Å²) in [5.74, 6) is 1.74. The van der Waals surface area contributed by atoms with E-state index in [1.54, 1.807) is 13.2 Å². The molecule has 3 aliphatic rings. The average molecular weight is 603 g/mol. The number of phenolic OH excluding ortho intramolecular Hbond substituents is 1. The van der Waals surface area contributed by atoms with Crippen molar-refractivity contribution in [3.63, 3.8) is 0 Å².